The third-order valence-corrected chi connectivity index (χ3v) is 4.35. The molecule has 0 heterocycles. The van der Waals surface area contributed by atoms with Gasteiger partial charge in [-0.15, -0.1) is 0 Å². The van der Waals surface area contributed by atoms with Gasteiger partial charge >= 0.3 is 0 Å². The van der Waals surface area contributed by atoms with Crippen LogP contribution in [0.3, 0.4) is 0 Å². The van der Waals surface area contributed by atoms with Gasteiger partial charge in [-0.3, -0.25) is 4.79 Å². The lowest BCUT2D eigenvalue weighted by atomic mass is 10.0. The zero-order chi connectivity index (χ0) is 13.7. The molecule has 3 atom stereocenters. The summed E-state index contributed by atoms with van der Waals surface area (Å²) in [6, 6.07) is 0.201. The summed E-state index contributed by atoms with van der Waals surface area (Å²) in [7, 11) is 1.91. The lowest BCUT2D eigenvalue weighted by molar-refractivity contribution is -0.131. The van der Waals surface area contributed by atoms with Crippen LogP contribution in [0.2, 0.25) is 0 Å². The van der Waals surface area contributed by atoms with Gasteiger partial charge in [0.2, 0.25) is 5.91 Å². The second kappa shape index (κ2) is 7.13. The molecule has 18 heavy (non-hydrogen) atoms. The predicted octanol–water partition coefficient (Wildman–Crippen LogP) is 2.64. The van der Waals surface area contributed by atoms with Crippen LogP contribution in [0.4, 0.5) is 0 Å². The van der Waals surface area contributed by atoms with Crippen LogP contribution in [-0.2, 0) is 4.79 Å². The molecule has 3 heteroatoms. The van der Waals surface area contributed by atoms with E-state index in [1.807, 2.05) is 11.9 Å². The molecule has 0 aromatic carbocycles. The Morgan fingerprint density at radius 2 is 2.06 bits per heavy atom. The van der Waals surface area contributed by atoms with Crippen LogP contribution in [0, 0.1) is 17.8 Å². The number of carbonyl (C=O) groups excluding carboxylic acids is 1. The maximum Gasteiger partial charge on any atom is 0.222 e. The van der Waals surface area contributed by atoms with Crippen LogP contribution >= 0.6 is 0 Å². The number of nitrogens with two attached hydrogens (primary N) is 1. The van der Waals surface area contributed by atoms with Crippen molar-refractivity contribution in [2.45, 2.75) is 58.9 Å². The topological polar surface area (TPSA) is 46.3 Å². The Morgan fingerprint density at radius 1 is 1.39 bits per heavy atom. The van der Waals surface area contributed by atoms with Crippen molar-refractivity contribution in [1.82, 2.24) is 4.90 Å². The molecule has 1 amide bonds. The third-order valence-electron chi connectivity index (χ3n) is 4.35. The highest BCUT2D eigenvalue weighted by atomic mass is 16.2. The van der Waals surface area contributed by atoms with E-state index in [1.165, 1.54) is 19.3 Å². The van der Waals surface area contributed by atoms with Gasteiger partial charge in [0.05, 0.1) is 0 Å². The molecule has 0 aromatic rings. The number of nitrogens with zero attached hydrogens (tertiary/aromatic N) is 1. The molecule has 106 valence electrons. The average Bonchev–Trinajstić information content (AvgIpc) is 2.70. The first-order valence-corrected chi connectivity index (χ1v) is 7.39. The van der Waals surface area contributed by atoms with Gasteiger partial charge in [-0.1, -0.05) is 27.2 Å². The number of hydrogen-bond donors (Lipinski definition) is 1. The second-order valence-corrected chi connectivity index (χ2v) is 6.50. The van der Waals surface area contributed by atoms with E-state index in [0.717, 1.165) is 25.3 Å². The number of hydrogen-bond acceptors (Lipinski definition) is 2. The molecular formula is C15H30N2O. The Hall–Kier alpha value is -0.570. The van der Waals surface area contributed by atoms with E-state index in [-0.39, 0.29) is 6.04 Å². The van der Waals surface area contributed by atoms with Crippen molar-refractivity contribution in [3.05, 3.63) is 0 Å². The first-order valence-electron chi connectivity index (χ1n) is 7.39. The van der Waals surface area contributed by atoms with Gasteiger partial charge in [0.15, 0.2) is 0 Å². The molecule has 2 N–H and O–H groups in total. The van der Waals surface area contributed by atoms with E-state index < -0.39 is 0 Å². The largest absolute Gasteiger partial charge is 0.346 e. The minimum absolute atomic E-state index is 0.201. The smallest absolute Gasteiger partial charge is 0.222 e. The van der Waals surface area contributed by atoms with Crippen molar-refractivity contribution in [2.24, 2.45) is 23.5 Å². The predicted molar refractivity (Wildman–Crippen MR) is 76.2 cm³/mol. The monoisotopic (exact) mass is 254 g/mol. The number of amides is 1. The summed E-state index contributed by atoms with van der Waals surface area (Å²) < 4.78 is 0. The molecule has 3 unspecified atom stereocenters. The van der Waals surface area contributed by atoms with Crippen molar-refractivity contribution in [3.8, 4) is 0 Å². The summed E-state index contributed by atoms with van der Waals surface area (Å²) in [5.74, 6) is 2.21. The molecule has 0 spiro atoms. The lowest BCUT2D eigenvalue weighted by Gasteiger charge is -2.22. The maximum absolute atomic E-state index is 12.1. The normalized spacial score (nSPS) is 25.4. The van der Waals surface area contributed by atoms with Crippen LogP contribution in [0.1, 0.15) is 52.9 Å². The number of rotatable bonds is 6. The summed E-state index contributed by atoms with van der Waals surface area (Å²) in [6.45, 7) is 7.34. The highest BCUT2D eigenvalue weighted by Crippen LogP contribution is 2.32. The quantitative estimate of drug-likeness (QED) is 0.792. The third kappa shape index (κ3) is 4.97. The van der Waals surface area contributed by atoms with Gasteiger partial charge < -0.3 is 10.6 Å². The van der Waals surface area contributed by atoms with Crippen LogP contribution in [0.25, 0.3) is 0 Å². The van der Waals surface area contributed by atoms with Crippen LogP contribution in [0.15, 0.2) is 0 Å². The zero-order valence-electron chi connectivity index (χ0n) is 12.5. The minimum Gasteiger partial charge on any atom is -0.346 e. The average molecular weight is 254 g/mol. The lowest BCUT2D eigenvalue weighted by Crippen LogP contribution is -2.35. The van der Waals surface area contributed by atoms with Crippen LogP contribution in [-0.4, -0.2) is 30.4 Å². The molecule has 1 aliphatic rings. The van der Waals surface area contributed by atoms with Crippen molar-refractivity contribution in [2.75, 3.05) is 13.6 Å². The summed E-state index contributed by atoms with van der Waals surface area (Å²) in [4.78, 5) is 13.9. The van der Waals surface area contributed by atoms with Crippen molar-refractivity contribution >= 4 is 5.91 Å². The standard InChI is InChI=1S/C15H30N2O/c1-11(2)14(16)7-8-17(4)15(18)10-13-6-5-12(3)9-13/h11-14H,5-10,16H2,1-4H3. The molecule has 0 saturated heterocycles. The van der Waals surface area contributed by atoms with Gasteiger partial charge in [-0.25, -0.2) is 0 Å². The molecule has 0 radical (unpaired) electrons. The highest BCUT2D eigenvalue weighted by Gasteiger charge is 2.24. The summed E-state index contributed by atoms with van der Waals surface area (Å²) >= 11 is 0. The molecule has 1 fully saturated rings. The SMILES string of the molecule is CC1CCC(CC(=O)N(C)CCC(N)C(C)C)C1. The zero-order valence-corrected chi connectivity index (χ0v) is 12.5. The molecule has 1 saturated carbocycles. The highest BCUT2D eigenvalue weighted by molar-refractivity contribution is 5.76. The van der Waals surface area contributed by atoms with E-state index in [2.05, 4.69) is 20.8 Å². The first-order chi connectivity index (χ1) is 8.40. The van der Waals surface area contributed by atoms with E-state index in [9.17, 15) is 4.79 Å². The molecule has 3 nitrogen and oxygen atoms in total. The Morgan fingerprint density at radius 3 is 2.56 bits per heavy atom. The molecular weight excluding hydrogens is 224 g/mol. The van der Waals surface area contributed by atoms with Crippen LogP contribution in [0.5, 0.6) is 0 Å². The Bertz CT molecular complexity index is 265. The van der Waals surface area contributed by atoms with Gasteiger partial charge in [0.25, 0.3) is 0 Å². The van der Waals surface area contributed by atoms with Gasteiger partial charge in [-0.2, -0.15) is 0 Å². The summed E-state index contributed by atoms with van der Waals surface area (Å²) in [5, 5.41) is 0. The van der Waals surface area contributed by atoms with Crippen LogP contribution < -0.4 is 5.73 Å². The maximum atomic E-state index is 12.1. The van der Waals surface area contributed by atoms with E-state index in [0.29, 0.717) is 17.7 Å². The van der Waals surface area contributed by atoms with Gasteiger partial charge in [0.1, 0.15) is 0 Å². The fraction of sp³-hybridized carbons (Fsp3) is 0.933. The second-order valence-electron chi connectivity index (χ2n) is 6.50. The van der Waals surface area contributed by atoms with Gasteiger partial charge in [0, 0.05) is 26.1 Å². The molecule has 0 bridgehead atoms. The summed E-state index contributed by atoms with van der Waals surface area (Å²) in [5.41, 5.74) is 6.01. The Labute approximate surface area is 112 Å². The van der Waals surface area contributed by atoms with Crippen molar-refractivity contribution < 1.29 is 4.79 Å². The van der Waals surface area contributed by atoms with Crippen molar-refractivity contribution in [3.63, 3.8) is 0 Å². The fourth-order valence-electron chi connectivity index (χ4n) is 2.71. The Kier molecular flexibility index (Phi) is 6.13. The van der Waals surface area contributed by atoms with E-state index >= 15 is 0 Å². The van der Waals surface area contributed by atoms with E-state index in [1.54, 1.807) is 0 Å². The van der Waals surface area contributed by atoms with E-state index in [4.69, 9.17) is 5.73 Å². The van der Waals surface area contributed by atoms with Gasteiger partial charge in [-0.05, 0) is 37.0 Å². The number of carbonyl (C=O) groups is 1. The minimum atomic E-state index is 0.201. The molecule has 1 rings (SSSR count). The van der Waals surface area contributed by atoms with Crippen molar-refractivity contribution in [1.29, 1.82) is 0 Å². The fourth-order valence-corrected chi connectivity index (χ4v) is 2.71. The molecule has 0 aromatic heterocycles. The molecule has 1 aliphatic carbocycles. The molecule has 0 aliphatic heterocycles. The summed E-state index contributed by atoms with van der Waals surface area (Å²) in [6.07, 6.45) is 5.38. The first kappa shape index (κ1) is 15.5. The Balaban J connectivity index is 2.24.